The molecule has 1 aromatic heterocycles. The van der Waals surface area contributed by atoms with E-state index in [1.165, 1.54) is 0 Å². The fraction of sp³-hybridized carbons (Fsp3) is 0.231. The number of hydrogen-bond acceptors (Lipinski definition) is 3. The number of benzene rings is 1. The van der Waals surface area contributed by atoms with Crippen LogP contribution in [0, 0.1) is 10.5 Å². The highest BCUT2D eigenvalue weighted by Gasteiger charge is 2.08. The Bertz CT molecular complexity index is 534. The minimum atomic E-state index is 0.499. The predicted octanol–water partition coefficient (Wildman–Crippen LogP) is 3.86. The molecule has 0 aliphatic rings. The molecule has 2 rings (SSSR count). The standard InChI is InChI=1S/C13H12ClIN2O/c1-8-11(15)12(14)17-13(16-8)10-5-3-9(4-6-10)7-18-2/h3-6H,7H2,1-2H3. The van der Waals surface area contributed by atoms with Gasteiger partial charge in [-0.05, 0) is 35.1 Å². The molecule has 3 nitrogen and oxygen atoms in total. The van der Waals surface area contributed by atoms with E-state index in [0.717, 1.165) is 20.4 Å². The number of aromatic nitrogens is 2. The summed E-state index contributed by atoms with van der Waals surface area (Å²) in [6.45, 7) is 2.53. The zero-order valence-corrected chi connectivity index (χ0v) is 13.0. The number of rotatable bonds is 3. The van der Waals surface area contributed by atoms with Crippen LogP contribution in [0.3, 0.4) is 0 Å². The van der Waals surface area contributed by atoms with Crippen molar-refractivity contribution < 1.29 is 4.74 Å². The maximum atomic E-state index is 6.07. The van der Waals surface area contributed by atoms with Gasteiger partial charge in [0.2, 0.25) is 0 Å². The van der Waals surface area contributed by atoms with Crippen molar-refractivity contribution >= 4 is 34.2 Å². The number of halogens is 2. The van der Waals surface area contributed by atoms with Crippen LogP contribution in [0.25, 0.3) is 11.4 Å². The normalized spacial score (nSPS) is 10.7. The van der Waals surface area contributed by atoms with Gasteiger partial charge in [-0.2, -0.15) is 0 Å². The van der Waals surface area contributed by atoms with Crippen molar-refractivity contribution in [1.82, 2.24) is 9.97 Å². The van der Waals surface area contributed by atoms with Crippen molar-refractivity contribution in [3.63, 3.8) is 0 Å². The maximum Gasteiger partial charge on any atom is 0.161 e. The molecule has 0 saturated heterocycles. The fourth-order valence-corrected chi connectivity index (χ4v) is 2.03. The summed E-state index contributed by atoms with van der Waals surface area (Å²) in [4.78, 5) is 8.74. The van der Waals surface area contributed by atoms with Crippen LogP contribution < -0.4 is 0 Å². The number of hydrogen-bond donors (Lipinski definition) is 0. The third kappa shape index (κ3) is 2.99. The van der Waals surface area contributed by atoms with Crippen molar-refractivity contribution in [2.45, 2.75) is 13.5 Å². The van der Waals surface area contributed by atoms with Gasteiger partial charge in [0, 0.05) is 12.7 Å². The van der Waals surface area contributed by atoms with E-state index in [1.54, 1.807) is 7.11 Å². The molecule has 5 heteroatoms. The summed E-state index contributed by atoms with van der Waals surface area (Å²) in [5, 5.41) is 0.499. The van der Waals surface area contributed by atoms with Gasteiger partial charge in [-0.1, -0.05) is 35.9 Å². The van der Waals surface area contributed by atoms with Crippen LogP contribution in [0.15, 0.2) is 24.3 Å². The summed E-state index contributed by atoms with van der Waals surface area (Å²) >= 11 is 8.22. The number of nitrogens with zero attached hydrogens (tertiary/aromatic N) is 2. The molecule has 0 aliphatic heterocycles. The van der Waals surface area contributed by atoms with Gasteiger partial charge in [0.15, 0.2) is 5.82 Å². The summed E-state index contributed by atoms with van der Waals surface area (Å²) in [6, 6.07) is 7.96. The molecule has 18 heavy (non-hydrogen) atoms. The van der Waals surface area contributed by atoms with E-state index in [9.17, 15) is 0 Å². The number of methoxy groups -OCH3 is 1. The summed E-state index contributed by atoms with van der Waals surface area (Å²) in [5.74, 6) is 0.655. The van der Waals surface area contributed by atoms with Crippen molar-refractivity contribution in [2.24, 2.45) is 0 Å². The largest absolute Gasteiger partial charge is 0.380 e. The molecule has 2 aromatic rings. The number of aryl methyl sites for hydroxylation is 1. The second-order valence-corrected chi connectivity index (χ2v) is 5.30. The van der Waals surface area contributed by atoms with Gasteiger partial charge in [0.1, 0.15) is 5.15 Å². The van der Waals surface area contributed by atoms with Crippen molar-refractivity contribution in [3.8, 4) is 11.4 Å². The molecular formula is C13H12ClIN2O. The molecule has 0 amide bonds. The van der Waals surface area contributed by atoms with E-state index in [2.05, 4.69) is 32.6 Å². The second-order valence-electron chi connectivity index (χ2n) is 3.87. The van der Waals surface area contributed by atoms with Crippen LogP contribution in [0.1, 0.15) is 11.3 Å². The molecule has 0 atom stereocenters. The first-order valence-corrected chi connectivity index (χ1v) is 6.85. The molecule has 0 fully saturated rings. The molecule has 0 spiro atoms. The average Bonchev–Trinajstić information content (AvgIpc) is 2.37. The molecule has 94 valence electrons. The van der Waals surface area contributed by atoms with Gasteiger partial charge < -0.3 is 4.74 Å². The Morgan fingerprint density at radius 3 is 2.44 bits per heavy atom. The highest BCUT2D eigenvalue weighted by atomic mass is 127. The third-order valence-electron chi connectivity index (χ3n) is 2.50. The predicted molar refractivity (Wildman–Crippen MR) is 80.6 cm³/mol. The maximum absolute atomic E-state index is 6.07. The van der Waals surface area contributed by atoms with Crippen LogP contribution in [0.4, 0.5) is 0 Å². The van der Waals surface area contributed by atoms with E-state index < -0.39 is 0 Å². The lowest BCUT2D eigenvalue weighted by atomic mass is 10.1. The van der Waals surface area contributed by atoms with Crippen LogP contribution >= 0.6 is 34.2 Å². The summed E-state index contributed by atoms with van der Waals surface area (Å²) in [7, 11) is 1.68. The first-order valence-electron chi connectivity index (χ1n) is 5.39. The quantitative estimate of drug-likeness (QED) is 0.604. The van der Waals surface area contributed by atoms with E-state index >= 15 is 0 Å². The Balaban J connectivity index is 2.36. The van der Waals surface area contributed by atoms with Crippen LogP contribution in [0.2, 0.25) is 5.15 Å². The molecule has 0 unspecified atom stereocenters. The molecular weight excluding hydrogens is 363 g/mol. The molecule has 1 aromatic carbocycles. The highest BCUT2D eigenvalue weighted by molar-refractivity contribution is 14.1. The second kappa shape index (κ2) is 5.95. The van der Waals surface area contributed by atoms with E-state index in [0.29, 0.717) is 17.6 Å². The molecule has 0 bridgehead atoms. The Kier molecular flexibility index (Phi) is 4.53. The summed E-state index contributed by atoms with van der Waals surface area (Å²) in [6.07, 6.45) is 0. The van der Waals surface area contributed by atoms with E-state index in [-0.39, 0.29) is 0 Å². The molecule has 0 saturated carbocycles. The van der Waals surface area contributed by atoms with Gasteiger partial charge in [-0.25, -0.2) is 9.97 Å². The van der Waals surface area contributed by atoms with Gasteiger partial charge in [0.05, 0.1) is 15.9 Å². The van der Waals surface area contributed by atoms with Crippen LogP contribution in [-0.4, -0.2) is 17.1 Å². The monoisotopic (exact) mass is 374 g/mol. The van der Waals surface area contributed by atoms with E-state index in [1.807, 2.05) is 31.2 Å². The SMILES string of the molecule is COCc1ccc(-c2nc(C)c(I)c(Cl)n2)cc1. The van der Waals surface area contributed by atoms with Crippen molar-refractivity contribution in [2.75, 3.05) is 7.11 Å². The van der Waals surface area contributed by atoms with Gasteiger partial charge in [0.25, 0.3) is 0 Å². The molecule has 0 aliphatic carbocycles. The third-order valence-corrected chi connectivity index (χ3v) is 4.38. The minimum absolute atomic E-state index is 0.499. The topological polar surface area (TPSA) is 35.0 Å². The molecule has 0 N–H and O–H groups in total. The van der Waals surface area contributed by atoms with E-state index in [4.69, 9.17) is 16.3 Å². The minimum Gasteiger partial charge on any atom is -0.380 e. The Hall–Kier alpha value is -0.720. The van der Waals surface area contributed by atoms with Crippen LogP contribution in [0.5, 0.6) is 0 Å². The van der Waals surface area contributed by atoms with Gasteiger partial charge in [-0.3, -0.25) is 0 Å². The summed E-state index contributed by atoms with van der Waals surface area (Å²) in [5.41, 5.74) is 2.97. The Labute approximate surface area is 125 Å². The van der Waals surface area contributed by atoms with Gasteiger partial charge >= 0.3 is 0 Å². The molecule has 1 heterocycles. The first kappa shape index (κ1) is 13.7. The van der Waals surface area contributed by atoms with Crippen molar-refractivity contribution in [3.05, 3.63) is 44.2 Å². The molecule has 0 radical (unpaired) electrons. The lowest BCUT2D eigenvalue weighted by Gasteiger charge is -2.06. The fourth-order valence-electron chi connectivity index (χ4n) is 1.57. The zero-order chi connectivity index (χ0) is 13.1. The lowest BCUT2D eigenvalue weighted by Crippen LogP contribution is -1.96. The van der Waals surface area contributed by atoms with Crippen molar-refractivity contribution in [1.29, 1.82) is 0 Å². The zero-order valence-electron chi connectivity index (χ0n) is 10.1. The van der Waals surface area contributed by atoms with Crippen LogP contribution in [-0.2, 0) is 11.3 Å². The van der Waals surface area contributed by atoms with Gasteiger partial charge in [-0.15, -0.1) is 0 Å². The first-order chi connectivity index (χ1) is 8.61. The Morgan fingerprint density at radius 1 is 1.22 bits per heavy atom. The lowest BCUT2D eigenvalue weighted by molar-refractivity contribution is 0.185. The highest BCUT2D eigenvalue weighted by Crippen LogP contribution is 2.23. The Morgan fingerprint density at radius 2 is 1.89 bits per heavy atom. The average molecular weight is 375 g/mol. The smallest absolute Gasteiger partial charge is 0.161 e. The number of ether oxygens (including phenoxy) is 1. The summed E-state index contributed by atoms with van der Waals surface area (Å²) < 4.78 is 5.97.